The lowest BCUT2D eigenvalue weighted by Gasteiger charge is -2.38. The lowest BCUT2D eigenvalue weighted by atomic mass is 9.88. The van der Waals surface area contributed by atoms with Crippen LogP contribution >= 0.6 is 11.3 Å². The van der Waals surface area contributed by atoms with Gasteiger partial charge in [-0.05, 0) is 60.7 Å². The molecule has 1 atom stereocenters. The first-order chi connectivity index (χ1) is 13.6. The maximum absolute atomic E-state index is 13.1. The van der Waals surface area contributed by atoms with Gasteiger partial charge in [-0.1, -0.05) is 18.2 Å². The standard InChI is InChI=1S/C22H26N2O3S/c25-19-7-5-16(6-8-19)17-9-12-23(13-10-17)21(26)18-3-1-11-24(15-18)22(27)20-4-2-14-28-20/h2,4-8,14,17-18,25H,1,3,9-13,15H2. The van der Waals surface area contributed by atoms with Gasteiger partial charge in [0, 0.05) is 26.2 Å². The van der Waals surface area contributed by atoms with Crippen molar-refractivity contribution in [1.82, 2.24) is 9.80 Å². The van der Waals surface area contributed by atoms with E-state index in [9.17, 15) is 14.7 Å². The Balaban J connectivity index is 1.33. The predicted molar refractivity (Wildman–Crippen MR) is 110 cm³/mol. The molecule has 0 aliphatic carbocycles. The van der Waals surface area contributed by atoms with Crippen LogP contribution in [-0.2, 0) is 4.79 Å². The van der Waals surface area contributed by atoms with E-state index in [2.05, 4.69) is 0 Å². The van der Waals surface area contributed by atoms with Crippen LogP contribution in [0.5, 0.6) is 5.75 Å². The quantitative estimate of drug-likeness (QED) is 0.857. The summed E-state index contributed by atoms with van der Waals surface area (Å²) in [6.07, 6.45) is 3.64. The predicted octanol–water partition coefficient (Wildman–Crippen LogP) is 3.71. The van der Waals surface area contributed by atoms with Crippen LogP contribution in [0.4, 0.5) is 0 Å². The molecule has 2 fully saturated rings. The molecule has 2 aromatic rings. The van der Waals surface area contributed by atoms with Crippen LogP contribution in [0.2, 0.25) is 0 Å². The zero-order chi connectivity index (χ0) is 19.5. The van der Waals surface area contributed by atoms with E-state index in [1.165, 1.54) is 16.9 Å². The van der Waals surface area contributed by atoms with Gasteiger partial charge in [-0.3, -0.25) is 9.59 Å². The minimum absolute atomic E-state index is 0.0542. The molecule has 3 heterocycles. The number of likely N-dealkylation sites (tertiary alicyclic amines) is 2. The third kappa shape index (κ3) is 4.07. The van der Waals surface area contributed by atoms with Gasteiger partial charge in [-0.2, -0.15) is 0 Å². The van der Waals surface area contributed by atoms with Gasteiger partial charge >= 0.3 is 0 Å². The number of phenols is 1. The van der Waals surface area contributed by atoms with E-state index in [4.69, 9.17) is 0 Å². The summed E-state index contributed by atoms with van der Waals surface area (Å²) in [6.45, 7) is 2.80. The monoisotopic (exact) mass is 398 g/mol. The van der Waals surface area contributed by atoms with Crippen LogP contribution in [0.3, 0.4) is 0 Å². The Bertz CT molecular complexity index is 811. The van der Waals surface area contributed by atoms with Gasteiger partial charge in [-0.15, -0.1) is 11.3 Å². The van der Waals surface area contributed by atoms with E-state index in [-0.39, 0.29) is 23.5 Å². The molecule has 1 aromatic carbocycles. The Kier molecular flexibility index (Phi) is 5.67. The Hall–Kier alpha value is -2.34. The minimum atomic E-state index is -0.0807. The number of benzene rings is 1. The second kappa shape index (κ2) is 8.35. The Morgan fingerprint density at radius 2 is 1.71 bits per heavy atom. The minimum Gasteiger partial charge on any atom is -0.508 e. The second-order valence-corrected chi connectivity index (χ2v) is 8.71. The van der Waals surface area contributed by atoms with Gasteiger partial charge in [0.25, 0.3) is 5.91 Å². The molecule has 4 rings (SSSR count). The van der Waals surface area contributed by atoms with Gasteiger partial charge in [0.2, 0.25) is 5.91 Å². The summed E-state index contributed by atoms with van der Waals surface area (Å²) in [5.41, 5.74) is 1.23. The SMILES string of the molecule is O=C(c1cccs1)N1CCCC(C(=O)N2CCC(c3ccc(O)cc3)CC2)C1. The molecule has 5 nitrogen and oxygen atoms in total. The molecular weight excluding hydrogens is 372 g/mol. The first kappa shape index (κ1) is 19.0. The summed E-state index contributed by atoms with van der Waals surface area (Å²) >= 11 is 1.46. The van der Waals surface area contributed by atoms with Crippen molar-refractivity contribution in [2.45, 2.75) is 31.6 Å². The van der Waals surface area contributed by atoms with Gasteiger partial charge in [0.15, 0.2) is 0 Å². The van der Waals surface area contributed by atoms with Gasteiger partial charge < -0.3 is 14.9 Å². The summed E-state index contributed by atoms with van der Waals surface area (Å²) in [7, 11) is 0. The van der Waals surface area contributed by atoms with Crippen molar-refractivity contribution < 1.29 is 14.7 Å². The molecular formula is C22H26N2O3S. The molecule has 28 heavy (non-hydrogen) atoms. The van der Waals surface area contributed by atoms with Crippen molar-refractivity contribution in [3.63, 3.8) is 0 Å². The summed E-state index contributed by atoms with van der Waals surface area (Å²) in [5, 5.41) is 11.4. The number of carbonyl (C=O) groups excluding carboxylic acids is 2. The van der Waals surface area contributed by atoms with Crippen LogP contribution in [0.15, 0.2) is 41.8 Å². The van der Waals surface area contributed by atoms with E-state index in [1.54, 1.807) is 12.1 Å². The zero-order valence-electron chi connectivity index (χ0n) is 15.9. The number of aromatic hydroxyl groups is 1. The second-order valence-electron chi connectivity index (χ2n) is 7.76. The first-order valence-corrected chi connectivity index (χ1v) is 10.9. The Labute approximate surface area is 169 Å². The van der Waals surface area contributed by atoms with Crippen molar-refractivity contribution in [1.29, 1.82) is 0 Å². The average Bonchev–Trinajstić information content (AvgIpc) is 3.28. The molecule has 1 N–H and O–H groups in total. The number of thiophene rings is 1. The molecule has 1 unspecified atom stereocenters. The first-order valence-electron chi connectivity index (χ1n) is 10.0. The fraction of sp³-hybridized carbons (Fsp3) is 0.455. The highest BCUT2D eigenvalue weighted by atomic mass is 32.1. The number of phenolic OH excluding ortho intramolecular Hbond substituents is 1. The molecule has 0 saturated carbocycles. The molecule has 2 saturated heterocycles. The molecule has 0 spiro atoms. The summed E-state index contributed by atoms with van der Waals surface area (Å²) in [5.74, 6) is 0.900. The van der Waals surface area contributed by atoms with Gasteiger partial charge in [-0.25, -0.2) is 0 Å². The third-order valence-corrected chi connectivity index (χ3v) is 6.82. The maximum atomic E-state index is 13.1. The van der Waals surface area contributed by atoms with Crippen LogP contribution in [0.1, 0.15) is 46.8 Å². The molecule has 2 amide bonds. The normalized spacial score (nSPS) is 20.9. The van der Waals surface area contributed by atoms with Crippen molar-refractivity contribution in [3.05, 3.63) is 52.2 Å². The number of hydrogen-bond acceptors (Lipinski definition) is 4. The number of nitrogens with zero attached hydrogens (tertiary/aromatic N) is 2. The van der Waals surface area contributed by atoms with Gasteiger partial charge in [0.1, 0.15) is 5.75 Å². The molecule has 1 aromatic heterocycles. The average molecular weight is 399 g/mol. The van der Waals surface area contributed by atoms with Crippen molar-refractivity contribution >= 4 is 23.2 Å². The smallest absolute Gasteiger partial charge is 0.263 e. The molecule has 2 aliphatic rings. The summed E-state index contributed by atoms with van der Waals surface area (Å²) in [6, 6.07) is 11.2. The van der Waals surface area contributed by atoms with Crippen molar-refractivity contribution in [2.24, 2.45) is 5.92 Å². The zero-order valence-corrected chi connectivity index (χ0v) is 16.7. The lowest BCUT2D eigenvalue weighted by molar-refractivity contribution is -0.138. The van der Waals surface area contributed by atoms with Crippen LogP contribution in [-0.4, -0.2) is 52.9 Å². The van der Waals surface area contributed by atoms with E-state index in [0.717, 1.165) is 50.2 Å². The summed E-state index contributed by atoms with van der Waals surface area (Å²) < 4.78 is 0. The third-order valence-electron chi connectivity index (χ3n) is 5.96. The van der Waals surface area contributed by atoms with E-state index in [0.29, 0.717) is 12.5 Å². The molecule has 148 valence electrons. The Morgan fingerprint density at radius 3 is 2.39 bits per heavy atom. The fourth-order valence-corrected chi connectivity index (χ4v) is 5.05. The van der Waals surface area contributed by atoms with Crippen LogP contribution < -0.4 is 0 Å². The number of rotatable bonds is 3. The highest BCUT2D eigenvalue weighted by Crippen LogP contribution is 2.30. The van der Waals surface area contributed by atoms with Crippen LogP contribution in [0.25, 0.3) is 0 Å². The van der Waals surface area contributed by atoms with Crippen LogP contribution in [0, 0.1) is 5.92 Å². The summed E-state index contributed by atoms with van der Waals surface area (Å²) in [4.78, 5) is 30.3. The highest BCUT2D eigenvalue weighted by Gasteiger charge is 2.33. The van der Waals surface area contributed by atoms with E-state index < -0.39 is 0 Å². The highest BCUT2D eigenvalue weighted by molar-refractivity contribution is 7.12. The maximum Gasteiger partial charge on any atom is 0.263 e. The van der Waals surface area contributed by atoms with Crippen molar-refractivity contribution in [3.8, 4) is 5.75 Å². The largest absolute Gasteiger partial charge is 0.508 e. The molecule has 6 heteroatoms. The van der Waals surface area contributed by atoms with Crippen molar-refractivity contribution in [2.75, 3.05) is 26.2 Å². The number of hydrogen-bond donors (Lipinski definition) is 1. The van der Waals surface area contributed by atoms with Gasteiger partial charge in [0.05, 0.1) is 10.8 Å². The molecule has 0 radical (unpaired) electrons. The number of carbonyl (C=O) groups is 2. The van der Waals surface area contributed by atoms with E-state index >= 15 is 0 Å². The van der Waals surface area contributed by atoms with E-state index in [1.807, 2.05) is 39.4 Å². The lowest BCUT2D eigenvalue weighted by Crippen LogP contribution is -2.48. The fourth-order valence-electron chi connectivity index (χ4n) is 4.36. The topological polar surface area (TPSA) is 60.9 Å². The number of piperidine rings is 2. The Morgan fingerprint density at radius 1 is 0.964 bits per heavy atom. The molecule has 2 aliphatic heterocycles. The molecule has 0 bridgehead atoms. The number of amides is 2.